The molecular formula is C19H21N3O2S. The molecule has 1 aromatic heterocycles. The van der Waals surface area contributed by atoms with E-state index >= 15 is 0 Å². The number of likely N-dealkylation sites (tertiary alicyclic amines) is 1. The molecule has 0 unspecified atom stereocenters. The molecule has 2 amide bonds. The van der Waals surface area contributed by atoms with Crippen molar-refractivity contribution in [1.82, 2.24) is 9.88 Å². The molecule has 1 aromatic carbocycles. The molecule has 1 aliphatic carbocycles. The number of amides is 2. The van der Waals surface area contributed by atoms with Crippen LogP contribution in [0.4, 0.5) is 5.13 Å². The van der Waals surface area contributed by atoms with Gasteiger partial charge in [0.2, 0.25) is 11.8 Å². The average Bonchev–Trinajstić information content (AvgIpc) is 3.19. The summed E-state index contributed by atoms with van der Waals surface area (Å²) in [6.07, 6.45) is 4.73. The lowest BCUT2D eigenvalue weighted by Gasteiger charge is -2.16. The summed E-state index contributed by atoms with van der Waals surface area (Å²) in [6.45, 7) is 1.04. The maximum atomic E-state index is 12.5. The zero-order valence-corrected chi connectivity index (χ0v) is 14.8. The lowest BCUT2D eigenvalue weighted by atomic mass is 10.0. The molecule has 2 aromatic rings. The van der Waals surface area contributed by atoms with Crippen LogP contribution in [0.15, 0.2) is 30.3 Å². The summed E-state index contributed by atoms with van der Waals surface area (Å²) in [6, 6.07) is 9.88. The van der Waals surface area contributed by atoms with E-state index in [2.05, 4.69) is 10.3 Å². The molecule has 1 saturated heterocycles. The van der Waals surface area contributed by atoms with Crippen molar-refractivity contribution in [3.05, 3.63) is 46.5 Å². The van der Waals surface area contributed by atoms with E-state index in [0.717, 1.165) is 24.1 Å². The molecule has 4 rings (SSSR count). The van der Waals surface area contributed by atoms with E-state index < -0.39 is 0 Å². The van der Waals surface area contributed by atoms with Crippen molar-refractivity contribution in [2.45, 2.75) is 38.6 Å². The van der Waals surface area contributed by atoms with Gasteiger partial charge in [0.1, 0.15) is 0 Å². The molecule has 0 bridgehead atoms. The van der Waals surface area contributed by atoms with E-state index in [9.17, 15) is 9.59 Å². The molecule has 0 radical (unpaired) electrons. The lowest BCUT2D eigenvalue weighted by Crippen LogP contribution is -2.28. The van der Waals surface area contributed by atoms with Crippen molar-refractivity contribution in [3.8, 4) is 0 Å². The quantitative estimate of drug-likeness (QED) is 0.917. The number of nitrogens with zero attached hydrogens (tertiary/aromatic N) is 2. The van der Waals surface area contributed by atoms with E-state index in [1.807, 2.05) is 30.3 Å². The number of hydrogen-bond donors (Lipinski definition) is 1. The summed E-state index contributed by atoms with van der Waals surface area (Å²) in [7, 11) is 0. The predicted molar refractivity (Wildman–Crippen MR) is 97.4 cm³/mol. The van der Waals surface area contributed by atoms with Gasteiger partial charge in [-0.2, -0.15) is 0 Å². The first-order valence-electron chi connectivity index (χ1n) is 8.80. The first-order valence-corrected chi connectivity index (χ1v) is 9.62. The Labute approximate surface area is 151 Å². The minimum Gasteiger partial charge on any atom is -0.338 e. The largest absolute Gasteiger partial charge is 0.338 e. The standard InChI is InChI=1S/C19H21N3O2S/c23-17-10-14(12-22(17)11-13-6-2-1-3-7-13)18(24)21-19-20-15-8-4-5-9-16(15)25-19/h1-3,6-7,14H,4-5,8-12H2,(H,20,21,24)/t14-/m0/s1. The van der Waals surface area contributed by atoms with Crippen LogP contribution >= 0.6 is 11.3 Å². The van der Waals surface area contributed by atoms with Crippen molar-refractivity contribution in [3.63, 3.8) is 0 Å². The van der Waals surface area contributed by atoms with Gasteiger partial charge < -0.3 is 10.2 Å². The van der Waals surface area contributed by atoms with Gasteiger partial charge in [0.05, 0.1) is 11.6 Å². The van der Waals surface area contributed by atoms with Crippen LogP contribution in [0.5, 0.6) is 0 Å². The van der Waals surface area contributed by atoms with Crippen molar-refractivity contribution in [1.29, 1.82) is 0 Å². The van der Waals surface area contributed by atoms with Crippen molar-refractivity contribution in [2.75, 3.05) is 11.9 Å². The number of anilines is 1. The number of fused-ring (bicyclic) bond motifs is 1. The van der Waals surface area contributed by atoms with Crippen LogP contribution in [0.25, 0.3) is 0 Å². The van der Waals surface area contributed by atoms with Gasteiger partial charge in [0.25, 0.3) is 0 Å². The Morgan fingerprint density at radius 3 is 2.84 bits per heavy atom. The van der Waals surface area contributed by atoms with Gasteiger partial charge in [-0.3, -0.25) is 9.59 Å². The summed E-state index contributed by atoms with van der Waals surface area (Å²) < 4.78 is 0. The summed E-state index contributed by atoms with van der Waals surface area (Å²) in [4.78, 5) is 32.4. The Balaban J connectivity index is 1.38. The number of aryl methyl sites for hydroxylation is 2. The average molecular weight is 355 g/mol. The van der Waals surface area contributed by atoms with E-state index in [-0.39, 0.29) is 24.2 Å². The number of nitrogens with one attached hydrogen (secondary N) is 1. The number of aromatic nitrogens is 1. The van der Waals surface area contributed by atoms with Crippen LogP contribution in [0.2, 0.25) is 0 Å². The van der Waals surface area contributed by atoms with Crippen LogP contribution < -0.4 is 5.32 Å². The van der Waals surface area contributed by atoms with Gasteiger partial charge >= 0.3 is 0 Å². The summed E-state index contributed by atoms with van der Waals surface area (Å²) >= 11 is 1.59. The van der Waals surface area contributed by atoms with E-state index in [0.29, 0.717) is 18.2 Å². The van der Waals surface area contributed by atoms with Crippen LogP contribution in [0.3, 0.4) is 0 Å². The molecule has 130 valence electrons. The van der Waals surface area contributed by atoms with Crippen LogP contribution in [0.1, 0.15) is 35.4 Å². The van der Waals surface area contributed by atoms with E-state index in [4.69, 9.17) is 0 Å². The highest BCUT2D eigenvalue weighted by atomic mass is 32.1. The molecule has 1 aliphatic heterocycles. The van der Waals surface area contributed by atoms with Gasteiger partial charge in [-0.05, 0) is 31.2 Å². The minimum absolute atomic E-state index is 0.0439. The molecule has 0 saturated carbocycles. The Bertz CT molecular complexity index is 764. The zero-order chi connectivity index (χ0) is 17.2. The smallest absolute Gasteiger partial charge is 0.231 e. The van der Waals surface area contributed by atoms with E-state index in [1.165, 1.54) is 17.7 Å². The molecule has 1 atom stereocenters. The van der Waals surface area contributed by atoms with Crippen molar-refractivity contribution < 1.29 is 9.59 Å². The molecule has 0 spiro atoms. The van der Waals surface area contributed by atoms with Crippen molar-refractivity contribution >= 4 is 28.3 Å². The highest BCUT2D eigenvalue weighted by Crippen LogP contribution is 2.30. The van der Waals surface area contributed by atoms with Gasteiger partial charge in [-0.1, -0.05) is 30.3 Å². The Morgan fingerprint density at radius 2 is 2.04 bits per heavy atom. The number of thiazole rings is 1. The zero-order valence-electron chi connectivity index (χ0n) is 14.0. The highest BCUT2D eigenvalue weighted by molar-refractivity contribution is 7.15. The summed E-state index contributed by atoms with van der Waals surface area (Å²) in [5.41, 5.74) is 2.23. The normalized spacial score (nSPS) is 19.8. The Morgan fingerprint density at radius 1 is 1.24 bits per heavy atom. The Kier molecular flexibility index (Phi) is 4.53. The second kappa shape index (κ2) is 6.96. The first kappa shape index (κ1) is 16.3. The molecule has 1 N–H and O–H groups in total. The molecule has 6 heteroatoms. The number of hydrogen-bond acceptors (Lipinski definition) is 4. The fourth-order valence-corrected chi connectivity index (χ4v) is 4.57. The van der Waals surface area contributed by atoms with Gasteiger partial charge in [0.15, 0.2) is 5.13 Å². The second-order valence-electron chi connectivity index (χ2n) is 6.75. The van der Waals surface area contributed by atoms with Crippen molar-refractivity contribution in [2.24, 2.45) is 5.92 Å². The second-order valence-corrected chi connectivity index (χ2v) is 7.83. The highest BCUT2D eigenvalue weighted by Gasteiger charge is 2.34. The predicted octanol–water partition coefficient (Wildman–Crippen LogP) is 3.01. The van der Waals surface area contributed by atoms with E-state index in [1.54, 1.807) is 16.2 Å². The lowest BCUT2D eigenvalue weighted by molar-refractivity contribution is -0.128. The third-order valence-corrected chi connectivity index (χ3v) is 5.95. The number of carbonyl (C=O) groups is 2. The third-order valence-electron chi connectivity index (χ3n) is 4.88. The molecule has 5 nitrogen and oxygen atoms in total. The fourth-order valence-electron chi connectivity index (χ4n) is 3.52. The van der Waals surface area contributed by atoms with Gasteiger partial charge in [-0.25, -0.2) is 4.98 Å². The fraction of sp³-hybridized carbons (Fsp3) is 0.421. The number of carbonyl (C=O) groups excluding carboxylic acids is 2. The number of benzene rings is 1. The Hall–Kier alpha value is -2.21. The minimum atomic E-state index is -0.294. The first-order chi connectivity index (χ1) is 12.2. The molecule has 2 heterocycles. The molecule has 1 fully saturated rings. The summed E-state index contributed by atoms with van der Waals surface area (Å²) in [5.74, 6) is -0.338. The maximum Gasteiger partial charge on any atom is 0.231 e. The van der Waals surface area contributed by atoms with Crippen LogP contribution in [-0.2, 0) is 29.0 Å². The molecule has 2 aliphatic rings. The summed E-state index contributed by atoms with van der Waals surface area (Å²) in [5, 5.41) is 3.62. The SMILES string of the molecule is O=C(Nc1nc2c(s1)CCCC2)[C@H]1CC(=O)N(Cc2ccccc2)C1. The van der Waals surface area contributed by atoms with Gasteiger partial charge in [-0.15, -0.1) is 11.3 Å². The van der Waals surface area contributed by atoms with Crippen LogP contribution in [-0.4, -0.2) is 28.2 Å². The third kappa shape index (κ3) is 3.58. The topological polar surface area (TPSA) is 62.3 Å². The number of rotatable bonds is 4. The molecular weight excluding hydrogens is 334 g/mol. The van der Waals surface area contributed by atoms with Crippen LogP contribution in [0, 0.1) is 5.92 Å². The van der Waals surface area contributed by atoms with Gasteiger partial charge in [0, 0.05) is 24.4 Å². The molecule has 25 heavy (non-hydrogen) atoms. The monoisotopic (exact) mass is 355 g/mol. The maximum absolute atomic E-state index is 12.5.